The molecule has 1 amide bonds. The van der Waals surface area contributed by atoms with Crippen LogP contribution in [-0.4, -0.2) is 40.3 Å². The number of piperidine rings is 1. The number of rotatable bonds is 5. The Morgan fingerprint density at radius 2 is 2.03 bits per heavy atom. The van der Waals surface area contributed by atoms with Crippen molar-refractivity contribution in [2.24, 2.45) is 13.0 Å². The topological polar surface area (TPSA) is 47.4 Å². The molecule has 5 nitrogen and oxygen atoms in total. The Kier molecular flexibility index (Phi) is 5.65. The van der Waals surface area contributed by atoms with Crippen LogP contribution in [0.5, 0.6) is 5.75 Å². The summed E-state index contributed by atoms with van der Waals surface area (Å²) >= 11 is 0. The van der Waals surface area contributed by atoms with Gasteiger partial charge >= 0.3 is 0 Å². The SMILES string of the molecule is Cc1cccc(OC[C@H]2CCCN(C(=O)c3cccc(-c4cnn(C)c4)c3)C2)c1. The fourth-order valence-electron chi connectivity index (χ4n) is 3.89. The summed E-state index contributed by atoms with van der Waals surface area (Å²) in [4.78, 5) is 15.1. The molecule has 0 aliphatic carbocycles. The molecule has 3 aromatic rings. The number of ether oxygens (including phenoxy) is 1. The molecule has 0 radical (unpaired) electrons. The molecule has 29 heavy (non-hydrogen) atoms. The van der Waals surface area contributed by atoms with Crippen LogP contribution in [0, 0.1) is 12.8 Å². The van der Waals surface area contributed by atoms with E-state index in [0.29, 0.717) is 12.5 Å². The molecule has 1 fully saturated rings. The van der Waals surface area contributed by atoms with Crippen molar-refractivity contribution in [3.63, 3.8) is 0 Å². The summed E-state index contributed by atoms with van der Waals surface area (Å²) in [5.41, 5.74) is 3.95. The van der Waals surface area contributed by atoms with Gasteiger partial charge in [0.2, 0.25) is 0 Å². The van der Waals surface area contributed by atoms with Gasteiger partial charge in [-0.15, -0.1) is 0 Å². The summed E-state index contributed by atoms with van der Waals surface area (Å²) in [6.07, 6.45) is 5.88. The van der Waals surface area contributed by atoms with E-state index >= 15 is 0 Å². The number of hydrogen-bond acceptors (Lipinski definition) is 3. The van der Waals surface area contributed by atoms with Crippen LogP contribution in [0.2, 0.25) is 0 Å². The van der Waals surface area contributed by atoms with Crippen LogP contribution in [0.4, 0.5) is 0 Å². The minimum atomic E-state index is 0.0935. The Morgan fingerprint density at radius 3 is 2.83 bits per heavy atom. The van der Waals surface area contributed by atoms with Gasteiger partial charge in [0.25, 0.3) is 5.91 Å². The van der Waals surface area contributed by atoms with Gasteiger partial charge in [-0.1, -0.05) is 24.3 Å². The lowest BCUT2D eigenvalue weighted by atomic mass is 9.97. The molecular weight excluding hydrogens is 362 g/mol. The summed E-state index contributed by atoms with van der Waals surface area (Å²) in [6, 6.07) is 15.9. The average Bonchev–Trinajstić information content (AvgIpc) is 3.18. The molecule has 0 N–H and O–H groups in total. The van der Waals surface area contributed by atoms with E-state index in [0.717, 1.165) is 48.4 Å². The van der Waals surface area contributed by atoms with E-state index < -0.39 is 0 Å². The minimum Gasteiger partial charge on any atom is -0.493 e. The van der Waals surface area contributed by atoms with Gasteiger partial charge in [-0.3, -0.25) is 9.48 Å². The first kappa shape index (κ1) is 19.2. The monoisotopic (exact) mass is 389 g/mol. The van der Waals surface area contributed by atoms with Crippen molar-refractivity contribution in [1.82, 2.24) is 14.7 Å². The fourth-order valence-corrected chi connectivity index (χ4v) is 3.89. The molecule has 0 unspecified atom stereocenters. The van der Waals surface area contributed by atoms with Gasteiger partial charge < -0.3 is 9.64 Å². The van der Waals surface area contributed by atoms with Crippen molar-refractivity contribution in [1.29, 1.82) is 0 Å². The molecule has 0 saturated carbocycles. The van der Waals surface area contributed by atoms with E-state index in [2.05, 4.69) is 24.2 Å². The van der Waals surface area contributed by atoms with E-state index in [1.165, 1.54) is 5.56 Å². The highest BCUT2D eigenvalue weighted by atomic mass is 16.5. The maximum atomic E-state index is 13.1. The van der Waals surface area contributed by atoms with Gasteiger partial charge in [0.05, 0.1) is 12.8 Å². The minimum absolute atomic E-state index is 0.0935. The van der Waals surface area contributed by atoms with Gasteiger partial charge in [0.1, 0.15) is 5.75 Å². The molecule has 1 aliphatic heterocycles. The Morgan fingerprint density at radius 1 is 1.17 bits per heavy atom. The second-order valence-corrected chi connectivity index (χ2v) is 7.87. The Hall–Kier alpha value is -3.08. The largest absolute Gasteiger partial charge is 0.493 e. The van der Waals surface area contributed by atoms with Crippen LogP contribution >= 0.6 is 0 Å². The molecule has 2 aromatic carbocycles. The Bertz CT molecular complexity index is 995. The third-order valence-electron chi connectivity index (χ3n) is 5.43. The zero-order valence-electron chi connectivity index (χ0n) is 17.0. The molecule has 1 aromatic heterocycles. The normalized spacial score (nSPS) is 16.6. The Balaban J connectivity index is 1.41. The van der Waals surface area contributed by atoms with Gasteiger partial charge in [-0.25, -0.2) is 0 Å². The molecule has 1 atom stereocenters. The average molecular weight is 389 g/mol. The van der Waals surface area contributed by atoms with Gasteiger partial charge in [0.15, 0.2) is 0 Å². The van der Waals surface area contributed by atoms with Crippen molar-refractivity contribution < 1.29 is 9.53 Å². The lowest BCUT2D eigenvalue weighted by molar-refractivity contribution is 0.0633. The number of likely N-dealkylation sites (tertiary alicyclic amines) is 1. The second-order valence-electron chi connectivity index (χ2n) is 7.87. The third-order valence-corrected chi connectivity index (χ3v) is 5.43. The standard InChI is InChI=1S/C24H27N3O2/c1-18-6-3-10-23(12-18)29-17-19-7-5-11-27(15-19)24(28)21-9-4-8-20(13-21)22-14-25-26(2)16-22/h3-4,6,8-10,12-14,16,19H,5,7,11,15,17H2,1-2H3/t19-/m0/s1. The summed E-state index contributed by atoms with van der Waals surface area (Å²) in [5, 5.41) is 4.23. The van der Waals surface area contributed by atoms with Gasteiger partial charge in [-0.2, -0.15) is 5.10 Å². The quantitative estimate of drug-likeness (QED) is 0.653. The number of nitrogens with zero attached hydrogens (tertiary/aromatic N) is 3. The highest BCUT2D eigenvalue weighted by molar-refractivity contribution is 5.95. The number of carbonyl (C=O) groups is 1. The molecule has 1 saturated heterocycles. The lowest BCUT2D eigenvalue weighted by Gasteiger charge is -2.32. The van der Waals surface area contributed by atoms with Crippen molar-refractivity contribution >= 4 is 5.91 Å². The zero-order valence-corrected chi connectivity index (χ0v) is 17.0. The number of aromatic nitrogens is 2. The van der Waals surface area contributed by atoms with E-state index in [9.17, 15) is 4.79 Å². The number of hydrogen-bond donors (Lipinski definition) is 0. The van der Waals surface area contributed by atoms with Crippen LogP contribution in [0.1, 0.15) is 28.8 Å². The summed E-state index contributed by atoms with van der Waals surface area (Å²) in [7, 11) is 1.89. The van der Waals surface area contributed by atoms with Crippen molar-refractivity contribution in [2.45, 2.75) is 19.8 Å². The van der Waals surface area contributed by atoms with Gasteiger partial charge in [0, 0.05) is 43.4 Å². The van der Waals surface area contributed by atoms with Crippen LogP contribution < -0.4 is 4.74 Å². The number of benzene rings is 2. The predicted octanol–water partition coefficient (Wildman–Crippen LogP) is 4.33. The van der Waals surface area contributed by atoms with Crippen LogP contribution in [0.25, 0.3) is 11.1 Å². The number of carbonyl (C=O) groups excluding carboxylic acids is 1. The zero-order chi connectivity index (χ0) is 20.2. The molecule has 2 heterocycles. The smallest absolute Gasteiger partial charge is 0.253 e. The first-order chi connectivity index (χ1) is 14.1. The molecule has 0 spiro atoms. The molecule has 1 aliphatic rings. The third kappa shape index (κ3) is 4.67. The molecule has 5 heteroatoms. The lowest BCUT2D eigenvalue weighted by Crippen LogP contribution is -2.41. The molecular formula is C24H27N3O2. The predicted molar refractivity (Wildman–Crippen MR) is 114 cm³/mol. The highest BCUT2D eigenvalue weighted by Crippen LogP contribution is 2.24. The maximum absolute atomic E-state index is 13.1. The molecule has 0 bridgehead atoms. The molecule has 4 rings (SSSR count). The van der Waals surface area contributed by atoms with Gasteiger partial charge in [-0.05, 0) is 55.2 Å². The number of amides is 1. The number of aryl methyl sites for hydroxylation is 2. The molecule has 150 valence electrons. The first-order valence-corrected chi connectivity index (χ1v) is 10.2. The second kappa shape index (κ2) is 8.52. The highest BCUT2D eigenvalue weighted by Gasteiger charge is 2.25. The summed E-state index contributed by atoms with van der Waals surface area (Å²) in [6.45, 7) is 4.25. The van der Waals surface area contributed by atoms with Crippen LogP contribution in [-0.2, 0) is 7.05 Å². The van der Waals surface area contributed by atoms with Crippen molar-refractivity contribution in [2.75, 3.05) is 19.7 Å². The van der Waals surface area contributed by atoms with E-state index in [-0.39, 0.29) is 5.91 Å². The van der Waals surface area contributed by atoms with Crippen LogP contribution in [0.3, 0.4) is 0 Å². The summed E-state index contributed by atoms with van der Waals surface area (Å²) in [5.74, 6) is 1.35. The van der Waals surface area contributed by atoms with Crippen LogP contribution in [0.15, 0.2) is 60.9 Å². The fraction of sp³-hybridized carbons (Fsp3) is 0.333. The van der Waals surface area contributed by atoms with Crippen molar-refractivity contribution in [3.8, 4) is 16.9 Å². The Labute approximate surface area is 171 Å². The first-order valence-electron chi connectivity index (χ1n) is 10.2. The summed E-state index contributed by atoms with van der Waals surface area (Å²) < 4.78 is 7.76. The van der Waals surface area contributed by atoms with E-state index in [4.69, 9.17) is 4.74 Å². The van der Waals surface area contributed by atoms with E-state index in [1.807, 2.05) is 60.7 Å². The maximum Gasteiger partial charge on any atom is 0.253 e. The van der Waals surface area contributed by atoms with Crippen molar-refractivity contribution in [3.05, 3.63) is 72.1 Å². The van der Waals surface area contributed by atoms with E-state index in [1.54, 1.807) is 4.68 Å².